The molecule has 3 aromatic rings. The van der Waals surface area contributed by atoms with Gasteiger partial charge in [-0.25, -0.2) is 14.8 Å². The van der Waals surface area contributed by atoms with E-state index >= 15 is 0 Å². The lowest BCUT2D eigenvalue weighted by Gasteiger charge is -2.32. The Labute approximate surface area is 190 Å². The number of nitrogens with zero attached hydrogens (tertiary/aromatic N) is 4. The van der Waals surface area contributed by atoms with E-state index in [1.165, 1.54) is 10.4 Å². The van der Waals surface area contributed by atoms with E-state index in [0.717, 1.165) is 53.3 Å². The number of aromatic nitrogens is 2. The second-order valence-electron chi connectivity index (χ2n) is 8.34. The Balaban J connectivity index is 1.21. The summed E-state index contributed by atoms with van der Waals surface area (Å²) in [6.07, 6.45) is 3.21. The summed E-state index contributed by atoms with van der Waals surface area (Å²) in [4.78, 5) is 39.9. The largest absolute Gasteiger partial charge is 0.356 e. The minimum absolute atomic E-state index is 0.0297. The fourth-order valence-electron chi connectivity index (χ4n) is 4.44. The highest BCUT2D eigenvalue weighted by Gasteiger charge is 2.27. The number of rotatable bonds is 4. The van der Waals surface area contributed by atoms with Gasteiger partial charge in [-0.05, 0) is 56.5 Å². The second kappa shape index (κ2) is 8.38. The first-order valence-electron chi connectivity index (χ1n) is 10.9. The molecule has 1 aromatic carbocycles. The predicted molar refractivity (Wildman–Crippen MR) is 128 cm³/mol. The van der Waals surface area contributed by atoms with Crippen LogP contribution in [0.4, 0.5) is 22.0 Å². The lowest BCUT2D eigenvalue weighted by atomic mass is 9.95. The number of amides is 3. The molecule has 2 aromatic heterocycles. The third-order valence-electron chi connectivity index (χ3n) is 6.41. The van der Waals surface area contributed by atoms with Gasteiger partial charge in [0.25, 0.3) is 0 Å². The number of fused-ring (bicyclic) bond motifs is 1. The van der Waals surface area contributed by atoms with Crippen LogP contribution < -0.4 is 20.4 Å². The molecular formula is C23H26N6O2S. The number of aryl methyl sites for hydroxylation is 2. The van der Waals surface area contributed by atoms with Crippen LogP contribution in [0.3, 0.4) is 0 Å². The summed E-state index contributed by atoms with van der Waals surface area (Å²) in [6.45, 7) is 7.15. The number of piperidine rings is 1. The van der Waals surface area contributed by atoms with Gasteiger partial charge in [-0.3, -0.25) is 9.69 Å². The van der Waals surface area contributed by atoms with Crippen LogP contribution in [0, 0.1) is 19.8 Å². The molecule has 2 aliphatic heterocycles. The number of thiophene rings is 1. The lowest BCUT2D eigenvalue weighted by molar-refractivity contribution is -0.120. The average molecular weight is 451 g/mol. The van der Waals surface area contributed by atoms with Crippen molar-refractivity contribution in [2.24, 2.45) is 5.92 Å². The maximum Gasteiger partial charge on any atom is 0.321 e. The Kier molecular flexibility index (Phi) is 5.42. The van der Waals surface area contributed by atoms with E-state index in [9.17, 15) is 9.59 Å². The molecular weight excluding hydrogens is 424 g/mol. The van der Waals surface area contributed by atoms with Crippen LogP contribution in [0.2, 0.25) is 0 Å². The van der Waals surface area contributed by atoms with Crippen LogP contribution >= 0.6 is 11.3 Å². The van der Waals surface area contributed by atoms with Crippen LogP contribution in [0.25, 0.3) is 10.2 Å². The zero-order valence-electron chi connectivity index (χ0n) is 18.2. The monoisotopic (exact) mass is 450 g/mol. The zero-order chi connectivity index (χ0) is 22.2. The topological polar surface area (TPSA) is 90.5 Å². The molecule has 9 heteroatoms. The summed E-state index contributed by atoms with van der Waals surface area (Å²) in [5.74, 6) is 1.00. The van der Waals surface area contributed by atoms with Crippen molar-refractivity contribution in [1.29, 1.82) is 0 Å². The van der Waals surface area contributed by atoms with E-state index in [4.69, 9.17) is 0 Å². The normalized spacial score (nSPS) is 17.1. The van der Waals surface area contributed by atoms with Crippen molar-refractivity contribution >= 4 is 50.7 Å². The number of hydrogen-bond acceptors (Lipinski definition) is 6. The third kappa shape index (κ3) is 3.77. The Morgan fingerprint density at radius 3 is 2.56 bits per heavy atom. The molecule has 0 bridgehead atoms. The number of benzene rings is 1. The van der Waals surface area contributed by atoms with Gasteiger partial charge in [0.1, 0.15) is 17.0 Å². The summed E-state index contributed by atoms with van der Waals surface area (Å²) in [5, 5.41) is 6.97. The maximum atomic E-state index is 12.8. The predicted octanol–water partition coefficient (Wildman–Crippen LogP) is 3.69. The summed E-state index contributed by atoms with van der Waals surface area (Å²) >= 11 is 1.71. The van der Waals surface area contributed by atoms with Crippen molar-refractivity contribution in [2.45, 2.75) is 26.7 Å². The van der Waals surface area contributed by atoms with Gasteiger partial charge in [-0.1, -0.05) is 0 Å². The van der Waals surface area contributed by atoms with Gasteiger partial charge in [0.15, 0.2) is 0 Å². The Morgan fingerprint density at radius 1 is 1.12 bits per heavy atom. The van der Waals surface area contributed by atoms with Gasteiger partial charge in [-0.15, -0.1) is 11.3 Å². The van der Waals surface area contributed by atoms with Crippen molar-refractivity contribution in [3.63, 3.8) is 0 Å². The molecule has 32 heavy (non-hydrogen) atoms. The van der Waals surface area contributed by atoms with Crippen LogP contribution in [0.15, 0.2) is 30.6 Å². The molecule has 0 spiro atoms. The summed E-state index contributed by atoms with van der Waals surface area (Å²) in [6, 6.07) is 7.37. The highest BCUT2D eigenvalue weighted by molar-refractivity contribution is 7.18. The van der Waals surface area contributed by atoms with Gasteiger partial charge >= 0.3 is 6.03 Å². The van der Waals surface area contributed by atoms with E-state index in [0.29, 0.717) is 13.1 Å². The van der Waals surface area contributed by atoms with E-state index in [1.807, 2.05) is 24.3 Å². The second-order valence-corrected chi connectivity index (χ2v) is 9.54. The molecule has 2 N–H and O–H groups in total. The van der Waals surface area contributed by atoms with Crippen molar-refractivity contribution in [3.8, 4) is 0 Å². The smallest absolute Gasteiger partial charge is 0.321 e. The molecule has 166 valence electrons. The maximum absolute atomic E-state index is 12.8. The molecule has 0 unspecified atom stereocenters. The minimum Gasteiger partial charge on any atom is -0.356 e. The number of nitrogens with one attached hydrogen (secondary N) is 2. The van der Waals surface area contributed by atoms with Gasteiger partial charge < -0.3 is 15.5 Å². The van der Waals surface area contributed by atoms with Crippen molar-refractivity contribution in [1.82, 2.24) is 15.3 Å². The molecule has 4 heterocycles. The molecule has 0 aliphatic carbocycles. The SMILES string of the molecule is Cc1sc2ncnc(N3CCC(C(=O)Nc4ccc(N5CCNC5=O)cc4)CC3)c2c1C. The molecule has 8 nitrogen and oxygen atoms in total. The minimum atomic E-state index is -0.0812. The van der Waals surface area contributed by atoms with E-state index in [-0.39, 0.29) is 17.9 Å². The number of hydrogen-bond donors (Lipinski definition) is 2. The fraction of sp³-hybridized carbons (Fsp3) is 0.391. The standard InChI is InChI=1S/C23H26N6O2S/c1-14-15(2)32-22-19(14)20(25-13-26-22)28-10-7-16(8-11-28)21(30)27-17-3-5-18(6-4-17)29-12-9-24-23(29)31/h3-6,13,16H,7-12H2,1-2H3,(H,24,31)(H,27,30). The van der Waals surface area contributed by atoms with Crippen LogP contribution in [0.5, 0.6) is 0 Å². The van der Waals surface area contributed by atoms with Crippen molar-refractivity contribution in [2.75, 3.05) is 41.3 Å². The number of carbonyl (C=O) groups is 2. The van der Waals surface area contributed by atoms with Crippen LogP contribution in [-0.4, -0.2) is 48.1 Å². The lowest BCUT2D eigenvalue weighted by Crippen LogP contribution is -2.38. The number of carbonyl (C=O) groups excluding carboxylic acids is 2. The van der Waals surface area contributed by atoms with Crippen molar-refractivity contribution in [3.05, 3.63) is 41.0 Å². The van der Waals surface area contributed by atoms with Crippen molar-refractivity contribution < 1.29 is 9.59 Å². The quantitative estimate of drug-likeness (QED) is 0.633. The number of urea groups is 1. The Hall–Kier alpha value is -3.20. The average Bonchev–Trinajstić information content (AvgIpc) is 3.37. The first-order valence-corrected chi connectivity index (χ1v) is 11.7. The first-order chi connectivity index (χ1) is 15.5. The number of anilines is 3. The van der Waals surface area contributed by atoms with Gasteiger partial charge in [0.2, 0.25) is 5.91 Å². The van der Waals surface area contributed by atoms with E-state index in [1.54, 1.807) is 22.6 Å². The third-order valence-corrected chi connectivity index (χ3v) is 7.53. The molecule has 0 atom stereocenters. The summed E-state index contributed by atoms with van der Waals surface area (Å²) < 4.78 is 0. The first kappa shape index (κ1) is 20.7. The van der Waals surface area contributed by atoms with E-state index in [2.05, 4.69) is 39.3 Å². The molecule has 2 fully saturated rings. The molecule has 3 amide bonds. The highest BCUT2D eigenvalue weighted by Crippen LogP contribution is 2.35. The van der Waals surface area contributed by atoms with Gasteiger partial charge in [-0.2, -0.15) is 0 Å². The molecule has 2 aliphatic rings. The molecule has 0 saturated carbocycles. The van der Waals surface area contributed by atoms with Crippen LogP contribution in [-0.2, 0) is 4.79 Å². The highest BCUT2D eigenvalue weighted by atomic mass is 32.1. The summed E-state index contributed by atoms with van der Waals surface area (Å²) in [7, 11) is 0. The molecule has 5 rings (SSSR count). The van der Waals surface area contributed by atoms with Gasteiger partial charge in [0, 0.05) is 48.3 Å². The van der Waals surface area contributed by atoms with Crippen LogP contribution in [0.1, 0.15) is 23.3 Å². The van der Waals surface area contributed by atoms with Gasteiger partial charge in [0.05, 0.1) is 5.39 Å². The fourth-order valence-corrected chi connectivity index (χ4v) is 5.44. The Morgan fingerprint density at radius 2 is 1.88 bits per heavy atom. The summed E-state index contributed by atoms with van der Waals surface area (Å²) in [5.41, 5.74) is 2.83. The zero-order valence-corrected chi connectivity index (χ0v) is 19.0. The Bertz CT molecular complexity index is 1170. The molecule has 0 radical (unpaired) electrons. The van der Waals surface area contributed by atoms with E-state index < -0.39 is 0 Å². The molecule has 2 saturated heterocycles.